The molecule has 0 unspecified atom stereocenters. The summed E-state index contributed by atoms with van der Waals surface area (Å²) in [6.45, 7) is 0.310. The molecular formula is C9H9FN2O2. The lowest BCUT2D eigenvalue weighted by Gasteiger charge is -2.23. The maximum absolute atomic E-state index is 13.2. The normalized spacial score (nSPS) is 21.2. The molecule has 2 rings (SSSR count). The number of nitrogens with one attached hydrogen (secondary N) is 1. The monoisotopic (exact) mass is 196 g/mol. The van der Waals surface area contributed by atoms with Crippen molar-refractivity contribution in [1.82, 2.24) is 10.3 Å². The molecule has 1 aliphatic rings. The Bertz CT molecular complexity index is 356. The summed E-state index contributed by atoms with van der Waals surface area (Å²) in [5, 5.41) is 2.53. The molecule has 1 N–H and O–H groups in total. The molecule has 1 aromatic rings. The van der Waals surface area contributed by atoms with Gasteiger partial charge in [-0.05, 0) is 6.07 Å². The Balaban J connectivity index is 2.22. The number of ether oxygens (including phenoxy) is 1. The van der Waals surface area contributed by atoms with E-state index in [2.05, 4.69) is 15.0 Å². The van der Waals surface area contributed by atoms with Crippen molar-refractivity contribution in [3.05, 3.63) is 29.8 Å². The molecule has 1 aliphatic heterocycles. The second-order valence-electron chi connectivity index (χ2n) is 3.00. The molecule has 0 aliphatic carbocycles. The van der Waals surface area contributed by atoms with Crippen LogP contribution in [0.4, 0.5) is 9.18 Å². The average molecular weight is 196 g/mol. The number of pyridine rings is 1. The van der Waals surface area contributed by atoms with Crippen molar-refractivity contribution >= 4 is 6.09 Å². The van der Waals surface area contributed by atoms with E-state index in [1.165, 1.54) is 6.20 Å². The van der Waals surface area contributed by atoms with Gasteiger partial charge in [0.15, 0.2) is 0 Å². The number of rotatable bonds is 1. The standard InChI is InChI=1S/C9H9FN2O2/c10-8-6(2-1-4-11-8)7-3-5-14-9(13)12-7/h1-2,4,7H,3,5H2,(H,12,13)/t7-/m1/s1. The molecule has 2 heterocycles. The number of nitrogens with zero attached hydrogens (tertiary/aromatic N) is 1. The summed E-state index contributed by atoms with van der Waals surface area (Å²) < 4.78 is 17.9. The maximum Gasteiger partial charge on any atom is 0.407 e. The predicted octanol–water partition coefficient (Wildman–Crippen LogP) is 1.39. The molecule has 74 valence electrons. The molecule has 0 radical (unpaired) electrons. The van der Waals surface area contributed by atoms with Gasteiger partial charge in [-0.25, -0.2) is 9.78 Å². The van der Waals surface area contributed by atoms with Crippen LogP contribution in [0.5, 0.6) is 0 Å². The highest BCUT2D eigenvalue weighted by Crippen LogP contribution is 2.21. The first-order valence-electron chi connectivity index (χ1n) is 4.31. The number of carbonyl (C=O) groups is 1. The molecule has 1 fully saturated rings. The van der Waals surface area contributed by atoms with Crippen LogP contribution in [0.1, 0.15) is 18.0 Å². The summed E-state index contributed by atoms with van der Waals surface area (Å²) in [6.07, 6.45) is 1.43. The summed E-state index contributed by atoms with van der Waals surface area (Å²) in [5.74, 6) is -0.542. The van der Waals surface area contributed by atoms with E-state index in [4.69, 9.17) is 0 Å². The summed E-state index contributed by atoms with van der Waals surface area (Å²) in [6, 6.07) is 2.92. The topological polar surface area (TPSA) is 51.2 Å². The van der Waals surface area contributed by atoms with Crippen molar-refractivity contribution in [2.45, 2.75) is 12.5 Å². The zero-order chi connectivity index (χ0) is 9.97. The van der Waals surface area contributed by atoms with Crippen LogP contribution in [-0.2, 0) is 4.74 Å². The molecule has 1 saturated heterocycles. The fourth-order valence-electron chi connectivity index (χ4n) is 1.42. The van der Waals surface area contributed by atoms with Crippen LogP contribution in [0.25, 0.3) is 0 Å². The first-order chi connectivity index (χ1) is 6.77. The first-order valence-corrected chi connectivity index (χ1v) is 4.31. The molecule has 14 heavy (non-hydrogen) atoms. The second-order valence-corrected chi connectivity index (χ2v) is 3.00. The zero-order valence-electron chi connectivity index (χ0n) is 7.37. The molecule has 1 aromatic heterocycles. The Hall–Kier alpha value is -1.65. The minimum atomic E-state index is -0.542. The van der Waals surface area contributed by atoms with Gasteiger partial charge in [0.2, 0.25) is 5.95 Å². The van der Waals surface area contributed by atoms with Gasteiger partial charge in [0.1, 0.15) is 0 Å². The van der Waals surface area contributed by atoms with Crippen LogP contribution in [-0.4, -0.2) is 17.7 Å². The third-order valence-electron chi connectivity index (χ3n) is 2.10. The van der Waals surface area contributed by atoms with E-state index in [1.807, 2.05) is 0 Å². The van der Waals surface area contributed by atoms with Crippen LogP contribution in [0, 0.1) is 5.95 Å². The van der Waals surface area contributed by atoms with Crippen LogP contribution in [0.3, 0.4) is 0 Å². The van der Waals surface area contributed by atoms with Gasteiger partial charge in [-0.3, -0.25) is 0 Å². The van der Waals surface area contributed by atoms with Crippen LogP contribution in [0.2, 0.25) is 0 Å². The van der Waals surface area contributed by atoms with Crippen molar-refractivity contribution < 1.29 is 13.9 Å². The highest BCUT2D eigenvalue weighted by molar-refractivity contribution is 5.68. The highest BCUT2D eigenvalue weighted by atomic mass is 19.1. The summed E-state index contributed by atoms with van der Waals surface area (Å²) in [7, 11) is 0. The number of aromatic nitrogens is 1. The number of cyclic esters (lactones) is 1. The van der Waals surface area contributed by atoms with Gasteiger partial charge >= 0.3 is 6.09 Å². The van der Waals surface area contributed by atoms with Gasteiger partial charge in [-0.15, -0.1) is 0 Å². The highest BCUT2D eigenvalue weighted by Gasteiger charge is 2.23. The number of carbonyl (C=O) groups excluding carboxylic acids is 1. The quantitative estimate of drug-likeness (QED) is 0.690. The molecular weight excluding hydrogens is 187 g/mol. The van der Waals surface area contributed by atoms with Crippen molar-refractivity contribution in [1.29, 1.82) is 0 Å². The fourth-order valence-corrected chi connectivity index (χ4v) is 1.42. The van der Waals surface area contributed by atoms with Crippen molar-refractivity contribution in [2.75, 3.05) is 6.61 Å². The van der Waals surface area contributed by atoms with Crippen molar-refractivity contribution in [3.63, 3.8) is 0 Å². The summed E-state index contributed by atoms with van der Waals surface area (Å²) in [5.41, 5.74) is 0.407. The molecule has 1 amide bonds. The summed E-state index contributed by atoms with van der Waals surface area (Å²) >= 11 is 0. The molecule has 0 saturated carbocycles. The number of hydrogen-bond acceptors (Lipinski definition) is 3. The lowest BCUT2D eigenvalue weighted by molar-refractivity contribution is 0.115. The Morgan fingerprint density at radius 1 is 1.64 bits per heavy atom. The zero-order valence-corrected chi connectivity index (χ0v) is 7.37. The Kier molecular flexibility index (Phi) is 2.30. The maximum atomic E-state index is 13.2. The number of halogens is 1. The van der Waals surface area contributed by atoms with Gasteiger partial charge in [-0.1, -0.05) is 6.07 Å². The molecule has 5 heteroatoms. The van der Waals surface area contributed by atoms with E-state index >= 15 is 0 Å². The second kappa shape index (κ2) is 3.61. The van der Waals surface area contributed by atoms with E-state index in [0.29, 0.717) is 18.6 Å². The molecule has 4 nitrogen and oxygen atoms in total. The van der Waals surface area contributed by atoms with E-state index < -0.39 is 12.0 Å². The van der Waals surface area contributed by atoms with E-state index in [-0.39, 0.29) is 6.04 Å². The number of alkyl carbamates (subject to hydrolysis) is 1. The first kappa shape index (κ1) is 8.93. The van der Waals surface area contributed by atoms with Gasteiger partial charge in [0.05, 0.1) is 12.6 Å². The van der Waals surface area contributed by atoms with Crippen LogP contribution in [0.15, 0.2) is 18.3 Å². The lowest BCUT2D eigenvalue weighted by atomic mass is 10.1. The van der Waals surface area contributed by atoms with Gasteiger partial charge in [0, 0.05) is 18.2 Å². The Labute approximate surface area is 80.1 Å². The Morgan fingerprint density at radius 3 is 3.21 bits per heavy atom. The number of hydrogen-bond donors (Lipinski definition) is 1. The molecule has 0 aromatic carbocycles. The van der Waals surface area contributed by atoms with Crippen molar-refractivity contribution in [3.8, 4) is 0 Å². The molecule has 0 bridgehead atoms. The Morgan fingerprint density at radius 2 is 2.50 bits per heavy atom. The van der Waals surface area contributed by atoms with Gasteiger partial charge in [0.25, 0.3) is 0 Å². The van der Waals surface area contributed by atoms with Crippen molar-refractivity contribution in [2.24, 2.45) is 0 Å². The smallest absolute Gasteiger partial charge is 0.407 e. The van der Waals surface area contributed by atoms with Crippen LogP contribution < -0.4 is 5.32 Å². The average Bonchev–Trinajstić information content (AvgIpc) is 2.18. The number of amides is 1. The minimum absolute atomic E-state index is 0.310. The predicted molar refractivity (Wildman–Crippen MR) is 46.0 cm³/mol. The minimum Gasteiger partial charge on any atom is -0.449 e. The van der Waals surface area contributed by atoms with E-state index in [9.17, 15) is 9.18 Å². The van der Waals surface area contributed by atoms with E-state index in [0.717, 1.165) is 0 Å². The third-order valence-corrected chi connectivity index (χ3v) is 2.10. The van der Waals surface area contributed by atoms with Gasteiger partial charge < -0.3 is 10.1 Å². The molecule has 0 spiro atoms. The van der Waals surface area contributed by atoms with Gasteiger partial charge in [-0.2, -0.15) is 4.39 Å². The molecule has 1 atom stereocenters. The summed E-state index contributed by atoms with van der Waals surface area (Å²) in [4.78, 5) is 14.4. The van der Waals surface area contributed by atoms with Crippen LogP contribution >= 0.6 is 0 Å². The van der Waals surface area contributed by atoms with E-state index in [1.54, 1.807) is 12.1 Å². The third kappa shape index (κ3) is 1.66. The lowest BCUT2D eigenvalue weighted by Crippen LogP contribution is -2.35. The fraction of sp³-hybridized carbons (Fsp3) is 0.333. The largest absolute Gasteiger partial charge is 0.449 e. The SMILES string of the molecule is O=C1N[C@@H](c2cccnc2F)CCO1.